The molecule has 1 heterocycles. The van der Waals surface area contributed by atoms with Gasteiger partial charge in [0.15, 0.2) is 0 Å². The predicted molar refractivity (Wildman–Crippen MR) is 47.7 cm³/mol. The van der Waals surface area contributed by atoms with Gasteiger partial charge in [-0.2, -0.15) is 5.10 Å². The van der Waals surface area contributed by atoms with Gasteiger partial charge in [0.1, 0.15) is 6.10 Å². The molecule has 0 unspecified atom stereocenters. The molecule has 0 aromatic carbocycles. The predicted octanol–water partition coefficient (Wildman–Crippen LogP) is 1.42. The summed E-state index contributed by atoms with van der Waals surface area (Å²) in [6.45, 7) is 5.94. The minimum Gasteiger partial charge on any atom is -0.386 e. The molecule has 0 saturated carbocycles. The van der Waals surface area contributed by atoms with Crippen molar-refractivity contribution in [3.8, 4) is 0 Å². The Morgan fingerprint density at radius 3 is 2.42 bits per heavy atom. The second kappa shape index (κ2) is 3.27. The molecule has 3 heteroatoms. The molecule has 68 valence electrons. The van der Waals surface area contributed by atoms with Crippen LogP contribution in [0.25, 0.3) is 0 Å². The molecule has 0 amide bonds. The maximum atomic E-state index is 9.66. The van der Waals surface area contributed by atoms with E-state index in [1.807, 2.05) is 33.9 Å². The molecular weight excluding hydrogens is 152 g/mol. The zero-order valence-electron chi connectivity index (χ0n) is 8.07. The molecular formula is C9H16N2O. The van der Waals surface area contributed by atoms with Gasteiger partial charge in [-0.3, -0.25) is 4.68 Å². The Hall–Kier alpha value is -0.830. The van der Waals surface area contributed by atoms with Crippen LogP contribution in [0.2, 0.25) is 0 Å². The molecule has 0 radical (unpaired) electrons. The van der Waals surface area contributed by atoms with Crippen molar-refractivity contribution in [1.82, 2.24) is 9.78 Å². The van der Waals surface area contributed by atoms with E-state index in [4.69, 9.17) is 0 Å². The summed E-state index contributed by atoms with van der Waals surface area (Å²) < 4.78 is 1.78. The number of hydrogen-bond donors (Lipinski definition) is 1. The van der Waals surface area contributed by atoms with Crippen molar-refractivity contribution in [3.05, 3.63) is 17.5 Å². The first-order chi connectivity index (χ1) is 5.52. The van der Waals surface area contributed by atoms with Crippen LogP contribution in [-0.4, -0.2) is 14.9 Å². The van der Waals surface area contributed by atoms with Crippen LogP contribution in [0.4, 0.5) is 0 Å². The highest BCUT2D eigenvalue weighted by Crippen LogP contribution is 2.19. The van der Waals surface area contributed by atoms with Gasteiger partial charge in [0, 0.05) is 12.7 Å². The van der Waals surface area contributed by atoms with Gasteiger partial charge >= 0.3 is 0 Å². The number of aromatic nitrogens is 2. The number of aryl methyl sites for hydroxylation is 2. The fourth-order valence-corrected chi connectivity index (χ4v) is 1.07. The first kappa shape index (κ1) is 9.26. The zero-order valence-corrected chi connectivity index (χ0v) is 8.07. The maximum absolute atomic E-state index is 9.66. The minimum absolute atomic E-state index is 0.222. The Bertz CT molecular complexity index is 246. The van der Waals surface area contributed by atoms with Crippen LogP contribution in [0.15, 0.2) is 6.07 Å². The third-order valence-electron chi connectivity index (χ3n) is 2.07. The molecule has 0 spiro atoms. The Balaban J connectivity index is 2.89. The number of hydrogen-bond acceptors (Lipinski definition) is 2. The van der Waals surface area contributed by atoms with Crippen molar-refractivity contribution in [2.24, 2.45) is 13.0 Å². The lowest BCUT2D eigenvalue weighted by Gasteiger charge is -2.10. The first-order valence-electron chi connectivity index (χ1n) is 4.21. The Morgan fingerprint density at radius 1 is 1.50 bits per heavy atom. The van der Waals surface area contributed by atoms with Crippen LogP contribution < -0.4 is 0 Å². The molecule has 0 fully saturated rings. The summed E-state index contributed by atoms with van der Waals surface area (Å²) in [6.07, 6.45) is -0.440. The Labute approximate surface area is 73.0 Å². The van der Waals surface area contributed by atoms with Crippen LogP contribution in [0, 0.1) is 12.8 Å². The molecule has 1 rings (SSSR count). The molecule has 3 nitrogen and oxygen atoms in total. The molecule has 0 aliphatic heterocycles. The molecule has 1 N–H and O–H groups in total. The van der Waals surface area contributed by atoms with Crippen LogP contribution in [0.5, 0.6) is 0 Å². The summed E-state index contributed by atoms with van der Waals surface area (Å²) in [5.74, 6) is 0.222. The van der Waals surface area contributed by atoms with E-state index < -0.39 is 6.10 Å². The highest BCUT2D eigenvalue weighted by atomic mass is 16.3. The average Bonchev–Trinajstić information content (AvgIpc) is 2.30. The second-order valence-electron chi connectivity index (χ2n) is 3.52. The van der Waals surface area contributed by atoms with E-state index in [2.05, 4.69) is 5.10 Å². The summed E-state index contributed by atoms with van der Waals surface area (Å²) >= 11 is 0. The fourth-order valence-electron chi connectivity index (χ4n) is 1.07. The molecule has 1 aromatic rings. The fraction of sp³-hybridized carbons (Fsp3) is 0.667. The van der Waals surface area contributed by atoms with E-state index in [9.17, 15) is 5.11 Å². The van der Waals surface area contributed by atoms with Crippen LogP contribution in [-0.2, 0) is 7.05 Å². The molecule has 1 aromatic heterocycles. The van der Waals surface area contributed by atoms with Gasteiger partial charge in [-0.1, -0.05) is 13.8 Å². The van der Waals surface area contributed by atoms with Gasteiger partial charge in [0.2, 0.25) is 0 Å². The lowest BCUT2D eigenvalue weighted by atomic mass is 10.0. The number of aliphatic hydroxyl groups excluding tert-OH is 1. The Morgan fingerprint density at radius 2 is 2.08 bits per heavy atom. The van der Waals surface area contributed by atoms with Gasteiger partial charge < -0.3 is 5.11 Å². The van der Waals surface area contributed by atoms with E-state index in [1.165, 1.54) is 0 Å². The SMILES string of the molecule is Cc1cc([C@H](O)C(C)C)nn1C. The minimum atomic E-state index is -0.440. The van der Waals surface area contributed by atoms with Gasteiger partial charge in [-0.15, -0.1) is 0 Å². The highest BCUT2D eigenvalue weighted by molar-refractivity contribution is 5.11. The van der Waals surface area contributed by atoms with E-state index in [0.717, 1.165) is 11.4 Å². The summed E-state index contributed by atoms with van der Waals surface area (Å²) in [7, 11) is 1.88. The topological polar surface area (TPSA) is 38.1 Å². The standard InChI is InChI=1S/C9H16N2O/c1-6(2)9(12)8-5-7(3)11(4)10-8/h5-6,9,12H,1-4H3/t9-/m1/s1. The lowest BCUT2D eigenvalue weighted by molar-refractivity contribution is 0.122. The van der Waals surface area contributed by atoms with Crippen LogP contribution in [0.1, 0.15) is 31.3 Å². The molecule has 0 aliphatic rings. The highest BCUT2D eigenvalue weighted by Gasteiger charge is 2.15. The lowest BCUT2D eigenvalue weighted by Crippen LogP contribution is -2.06. The van der Waals surface area contributed by atoms with E-state index >= 15 is 0 Å². The van der Waals surface area contributed by atoms with E-state index in [1.54, 1.807) is 4.68 Å². The van der Waals surface area contributed by atoms with Crippen molar-refractivity contribution in [2.75, 3.05) is 0 Å². The molecule has 0 saturated heterocycles. The van der Waals surface area contributed by atoms with Gasteiger partial charge in [0.25, 0.3) is 0 Å². The summed E-state index contributed by atoms with van der Waals surface area (Å²) in [5.41, 5.74) is 1.84. The number of aliphatic hydroxyl groups is 1. The van der Waals surface area contributed by atoms with E-state index in [-0.39, 0.29) is 5.92 Å². The largest absolute Gasteiger partial charge is 0.386 e. The monoisotopic (exact) mass is 168 g/mol. The molecule has 0 bridgehead atoms. The third-order valence-corrected chi connectivity index (χ3v) is 2.07. The average molecular weight is 168 g/mol. The first-order valence-corrected chi connectivity index (χ1v) is 4.21. The number of rotatable bonds is 2. The van der Waals surface area contributed by atoms with Gasteiger partial charge in [-0.05, 0) is 18.9 Å². The smallest absolute Gasteiger partial charge is 0.100 e. The normalized spacial score (nSPS) is 13.8. The maximum Gasteiger partial charge on any atom is 0.100 e. The van der Waals surface area contributed by atoms with Crippen molar-refractivity contribution in [1.29, 1.82) is 0 Å². The quantitative estimate of drug-likeness (QED) is 0.725. The van der Waals surface area contributed by atoms with Crippen LogP contribution in [0.3, 0.4) is 0 Å². The van der Waals surface area contributed by atoms with Gasteiger partial charge in [0.05, 0.1) is 5.69 Å². The zero-order chi connectivity index (χ0) is 9.30. The molecule has 0 aliphatic carbocycles. The van der Waals surface area contributed by atoms with Crippen molar-refractivity contribution in [3.63, 3.8) is 0 Å². The molecule has 12 heavy (non-hydrogen) atoms. The van der Waals surface area contributed by atoms with Gasteiger partial charge in [-0.25, -0.2) is 0 Å². The second-order valence-corrected chi connectivity index (χ2v) is 3.52. The summed E-state index contributed by atoms with van der Waals surface area (Å²) in [5, 5.41) is 13.9. The third kappa shape index (κ3) is 1.67. The Kier molecular flexibility index (Phi) is 2.52. The molecule has 1 atom stereocenters. The van der Waals surface area contributed by atoms with E-state index in [0.29, 0.717) is 0 Å². The number of nitrogens with zero attached hydrogens (tertiary/aromatic N) is 2. The summed E-state index contributed by atoms with van der Waals surface area (Å²) in [6, 6.07) is 1.92. The summed E-state index contributed by atoms with van der Waals surface area (Å²) in [4.78, 5) is 0. The van der Waals surface area contributed by atoms with Crippen LogP contribution >= 0.6 is 0 Å². The van der Waals surface area contributed by atoms with Crippen molar-refractivity contribution >= 4 is 0 Å². The van der Waals surface area contributed by atoms with Crippen molar-refractivity contribution in [2.45, 2.75) is 26.9 Å². The van der Waals surface area contributed by atoms with Crippen molar-refractivity contribution < 1.29 is 5.11 Å².